The summed E-state index contributed by atoms with van der Waals surface area (Å²) in [6.45, 7) is 10.8. The van der Waals surface area contributed by atoms with E-state index >= 15 is 0 Å². The summed E-state index contributed by atoms with van der Waals surface area (Å²) in [4.78, 5) is 24.7. The van der Waals surface area contributed by atoms with Crippen LogP contribution in [0, 0.1) is 25.2 Å². The average Bonchev–Trinajstić information content (AvgIpc) is 3.02. The van der Waals surface area contributed by atoms with Crippen LogP contribution in [0.1, 0.15) is 72.4 Å². The fourth-order valence-electron chi connectivity index (χ4n) is 3.36. The minimum Gasteiger partial charge on any atom is -0.453 e. The maximum Gasteiger partial charge on any atom is 0.349 e. The summed E-state index contributed by atoms with van der Waals surface area (Å²) in [6.07, 6.45) is 3.55. The second kappa shape index (κ2) is 10.6. The van der Waals surface area contributed by atoms with E-state index in [1.165, 1.54) is 11.6 Å². The summed E-state index contributed by atoms with van der Waals surface area (Å²) < 4.78 is 7.27. The Morgan fingerprint density at radius 3 is 2.43 bits per heavy atom. The molecule has 1 atom stereocenters. The Labute approximate surface area is 179 Å². The highest BCUT2D eigenvalue weighted by molar-refractivity contribution is 6.02. The number of aryl methyl sites for hydroxylation is 1. The van der Waals surface area contributed by atoms with Gasteiger partial charge in [-0.1, -0.05) is 45.0 Å². The van der Waals surface area contributed by atoms with E-state index in [2.05, 4.69) is 25.3 Å². The van der Waals surface area contributed by atoms with E-state index in [1.807, 2.05) is 38.1 Å². The molecular formula is C25H30N2O3. The van der Waals surface area contributed by atoms with Crippen molar-refractivity contribution in [3.63, 3.8) is 0 Å². The first kappa shape index (κ1) is 23.2. The van der Waals surface area contributed by atoms with E-state index in [0.717, 1.165) is 36.3 Å². The Balaban J connectivity index is 2.07. The molecule has 0 saturated heterocycles. The zero-order valence-electron chi connectivity index (χ0n) is 18.5. The number of rotatable bonds is 9. The highest BCUT2D eigenvalue weighted by Crippen LogP contribution is 2.20. The van der Waals surface area contributed by atoms with E-state index in [9.17, 15) is 14.9 Å². The van der Waals surface area contributed by atoms with Gasteiger partial charge in [-0.05, 0) is 55.9 Å². The van der Waals surface area contributed by atoms with Gasteiger partial charge in [-0.15, -0.1) is 0 Å². The molecule has 2 aromatic rings. The van der Waals surface area contributed by atoms with Crippen molar-refractivity contribution in [1.29, 1.82) is 5.26 Å². The van der Waals surface area contributed by atoms with Crippen LogP contribution < -0.4 is 0 Å². The van der Waals surface area contributed by atoms with E-state index in [4.69, 9.17) is 4.74 Å². The van der Waals surface area contributed by atoms with Gasteiger partial charge in [-0.3, -0.25) is 4.79 Å². The Morgan fingerprint density at radius 2 is 1.87 bits per heavy atom. The number of nitriles is 1. The van der Waals surface area contributed by atoms with Gasteiger partial charge in [0.2, 0.25) is 0 Å². The summed E-state index contributed by atoms with van der Waals surface area (Å²) in [5.74, 6) is -0.658. The number of esters is 1. The lowest BCUT2D eigenvalue weighted by Crippen LogP contribution is -2.15. The number of benzene rings is 1. The second-order valence-electron chi connectivity index (χ2n) is 7.58. The van der Waals surface area contributed by atoms with Crippen molar-refractivity contribution in [3.05, 3.63) is 64.0 Å². The van der Waals surface area contributed by atoms with Crippen molar-refractivity contribution in [2.75, 3.05) is 6.61 Å². The number of aromatic nitrogens is 1. The zero-order chi connectivity index (χ0) is 22.3. The molecule has 0 N–H and O–H groups in total. The lowest BCUT2D eigenvalue weighted by molar-refractivity contribution is -0.137. The first-order valence-electron chi connectivity index (χ1n) is 10.4. The molecule has 1 aromatic heterocycles. The van der Waals surface area contributed by atoms with Gasteiger partial charge in [-0.25, -0.2) is 4.79 Å². The van der Waals surface area contributed by atoms with Crippen molar-refractivity contribution in [1.82, 2.24) is 4.57 Å². The molecule has 5 nitrogen and oxygen atoms in total. The van der Waals surface area contributed by atoms with E-state index < -0.39 is 12.6 Å². The number of nitrogens with zero attached hydrogens (tertiary/aromatic N) is 2. The van der Waals surface area contributed by atoms with Crippen LogP contribution in [-0.4, -0.2) is 22.9 Å². The number of carbonyl (C=O) groups is 2. The predicted octanol–water partition coefficient (Wildman–Crippen LogP) is 5.36. The lowest BCUT2D eigenvalue weighted by Gasteiger charge is -2.09. The van der Waals surface area contributed by atoms with Crippen molar-refractivity contribution in [3.8, 4) is 6.07 Å². The van der Waals surface area contributed by atoms with Gasteiger partial charge >= 0.3 is 5.97 Å². The summed E-state index contributed by atoms with van der Waals surface area (Å²) in [5.41, 5.74) is 4.41. The Hall–Kier alpha value is -3.13. The Bertz CT molecular complexity index is 975. The van der Waals surface area contributed by atoms with Crippen LogP contribution in [-0.2, 0) is 16.1 Å². The predicted molar refractivity (Wildman–Crippen MR) is 118 cm³/mol. The Kier molecular flexibility index (Phi) is 8.17. The maximum atomic E-state index is 12.4. The van der Waals surface area contributed by atoms with Gasteiger partial charge in [0, 0.05) is 23.5 Å². The summed E-state index contributed by atoms with van der Waals surface area (Å²) in [6, 6.07) is 11.2. The molecule has 1 heterocycles. The average molecular weight is 407 g/mol. The zero-order valence-corrected chi connectivity index (χ0v) is 18.5. The molecule has 30 heavy (non-hydrogen) atoms. The van der Waals surface area contributed by atoms with Crippen LogP contribution in [0.5, 0.6) is 0 Å². The third kappa shape index (κ3) is 5.48. The molecule has 0 unspecified atom stereocenters. The van der Waals surface area contributed by atoms with E-state index in [1.54, 1.807) is 12.1 Å². The van der Waals surface area contributed by atoms with E-state index in [-0.39, 0.29) is 11.4 Å². The molecule has 158 valence electrons. The Morgan fingerprint density at radius 1 is 1.20 bits per heavy atom. The molecule has 0 saturated carbocycles. The largest absolute Gasteiger partial charge is 0.453 e. The van der Waals surface area contributed by atoms with E-state index in [0.29, 0.717) is 11.5 Å². The van der Waals surface area contributed by atoms with Crippen LogP contribution in [0.25, 0.3) is 6.08 Å². The molecule has 0 aliphatic heterocycles. The maximum absolute atomic E-state index is 12.4. The standard InChI is InChI=1S/C25H30N2O3/c1-6-12-27-18(4)13-22(19(27)5)14-23(15-26)25(29)30-16-24(28)21-10-8-20(9-11-21)17(3)7-2/h8-11,13-14,17H,6-7,12,16H2,1-5H3/b23-14+/t17-/m0/s1. The third-order valence-corrected chi connectivity index (χ3v) is 5.45. The van der Waals surface area contributed by atoms with Crippen molar-refractivity contribution in [2.24, 2.45) is 0 Å². The summed E-state index contributed by atoms with van der Waals surface area (Å²) in [5, 5.41) is 9.41. The molecule has 0 amide bonds. The summed E-state index contributed by atoms with van der Waals surface area (Å²) >= 11 is 0. The molecule has 2 rings (SSSR count). The van der Waals surface area contributed by atoms with Crippen LogP contribution in [0.3, 0.4) is 0 Å². The molecule has 0 aliphatic carbocycles. The SMILES string of the molecule is CCCn1c(C)cc(/C=C(\C#N)C(=O)OCC(=O)c2ccc([C@@H](C)CC)cc2)c1C. The molecule has 0 fully saturated rings. The smallest absolute Gasteiger partial charge is 0.349 e. The quantitative estimate of drug-likeness (QED) is 0.243. The molecule has 0 spiro atoms. The van der Waals surface area contributed by atoms with Gasteiger partial charge < -0.3 is 9.30 Å². The van der Waals surface area contributed by atoms with Gasteiger partial charge in [0.1, 0.15) is 11.6 Å². The van der Waals surface area contributed by atoms with Crippen molar-refractivity contribution in [2.45, 2.75) is 59.9 Å². The fraction of sp³-hybridized carbons (Fsp3) is 0.400. The van der Waals surface area contributed by atoms with Gasteiger partial charge in [-0.2, -0.15) is 5.26 Å². The van der Waals surface area contributed by atoms with Gasteiger partial charge in [0.25, 0.3) is 0 Å². The number of hydrogen-bond donors (Lipinski definition) is 0. The molecule has 5 heteroatoms. The second-order valence-corrected chi connectivity index (χ2v) is 7.58. The molecule has 0 radical (unpaired) electrons. The number of carbonyl (C=O) groups excluding carboxylic acids is 2. The van der Waals surface area contributed by atoms with Crippen LogP contribution >= 0.6 is 0 Å². The number of ether oxygens (including phenoxy) is 1. The fourth-order valence-corrected chi connectivity index (χ4v) is 3.36. The molecule has 1 aromatic carbocycles. The monoisotopic (exact) mass is 406 g/mol. The van der Waals surface area contributed by atoms with Crippen LogP contribution in [0.4, 0.5) is 0 Å². The number of Topliss-reactive ketones (excluding diaryl/α,β-unsaturated/α-hetero) is 1. The summed E-state index contributed by atoms with van der Waals surface area (Å²) in [7, 11) is 0. The minimum atomic E-state index is -0.789. The van der Waals surface area contributed by atoms with Crippen LogP contribution in [0.2, 0.25) is 0 Å². The van der Waals surface area contributed by atoms with Crippen molar-refractivity contribution < 1.29 is 14.3 Å². The first-order chi connectivity index (χ1) is 14.3. The molecular weight excluding hydrogens is 376 g/mol. The number of ketones is 1. The van der Waals surface area contributed by atoms with Gasteiger partial charge in [0.15, 0.2) is 12.4 Å². The molecule has 0 aliphatic rings. The first-order valence-corrected chi connectivity index (χ1v) is 10.4. The third-order valence-electron chi connectivity index (χ3n) is 5.45. The highest BCUT2D eigenvalue weighted by Gasteiger charge is 2.16. The number of hydrogen-bond acceptors (Lipinski definition) is 4. The normalized spacial score (nSPS) is 12.3. The van der Waals surface area contributed by atoms with Crippen LogP contribution in [0.15, 0.2) is 35.9 Å². The topological polar surface area (TPSA) is 72.1 Å². The molecule has 0 bridgehead atoms. The minimum absolute atomic E-state index is 0.119. The highest BCUT2D eigenvalue weighted by atomic mass is 16.5. The lowest BCUT2D eigenvalue weighted by atomic mass is 9.97. The van der Waals surface area contributed by atoms with Crippen molar-refractivity contribution >= 4 is 17.8 Å². The van der Waals surface area contributed by atoms with Gasteiger partial charge in [0.05, 0.1) is 0 Å².